The second kappa shape index (κ2) is 3.91. The third kappa shape index (κ3) is 1.52. The Morgan fingerprint density at radius 2 is 1.50 bits per heavy atom. The van der Waals surface area contributed by atoms with Crippen molar-refractivity contribution in [3.05, 3.63) is 71.3 Å². The lowest BCUT2D eigenvalue weighted by molar-refractivity contribution is 1.32. The van der Waals surface area contributed by atoms with E-state index in [1.807, 2.05) is 0 Å². The molecular weight excluding hydrogens is 260 g/mol. The third-order valence-corrected chi connectivity index (χ3v) is 3.91. The molecule has 0 bridgehead atoms. The molecule has 0 spiro atoms. The van der Waals surface area contributed by atoms with Crippen molar-refractivity contribution in [2.45, 2.75) is 6.42 Å². The molecule has 0 amide bonds. The summed E-state index contributed by atoms with van der Waals surface area (Å²) in [6, 6.07) is 19.1. The van der Waals surface area contributed by atoms with Gasteiger partial charge in [0.2, 0.25) is 0 Å². The fourth-order valence-corrected chi connectivity index (χ4v) is 2.94. The van der Waals surface area contributed by atoms with Gasteiger partial charge in [0, 0.05) is 4.48 Å². The van der Waals surface area contributed by atoms with Gasteiger partial charge in [0.25, 0.3) is 0 Å². The molecule has 0 fully saturated rings. The molecule has 0 atom stereocenters. The van der Waals surface area contributed by atoms with Crippen molar-refractivity contribution >= 4 is 26.0 Å². The molecule has 0 unspecified atom stereocenters. The molecule has 0 nitrogen and oxygen atoms in total. The minimum absolute atomic E-state index is 1.03. The molecule has 0 heterocycles. The average molecular weight is 271 g/mol. The van der Waals surface area contributed by atoms with Crippen LogP contribution in [-0.2, 0) is 6.42 Å². The monoisotopic (exact) mass is 270 g/mol. The van der Waals surface area contributed by atoms with Gasteiger partial charge < -0.3 is 0 Å². The number of hydrogen-bond donors (Lipinski definition) is 0. The summed E-state index contributed by atoms with van der Waals surface area (Å²) in [7, 11) is 0. The fourth-order valence-electron chi connectivity index (χ4n) is 2.19. The molecule has 2 aromatic carbocycles. The molecule has 0 saturated carbocycles. The largest absolute Gasteiger partial charge is 0.0622 e. The van der Waals surface area contributed by atoms with E-state index in [2.05, 4.69) is 70.5 Å². The van der Waals surface area contributed by atoms with Gasteiger partial charge in [-0.25, -0.2) is 0 Å². The molecule has 2 aromatic rings. The summed E-state index contributed by atoms with van der Waals surface area (Å²) >= 11 is 3.72. The van der Waals surface area contributed by atoms with Crippen LogP contribution < -0.4 is 0 Å². The third-order valence-electron chi connectivity index (χ3n) is 3.01. The number of fused-ring (bicyclic) bond motifs is 1. The SMILES string of the molecule is BrC1=C(c2ccccc2)Cc2ccccc21. The first kappa shape index (κ1) is 9.86. The Morgan fingerprint density at radius 1 is 0.812 bits per heavy atom. The number of rotatable bonds is 1. The van der Waals surface area contributed by atoms with Gasteiger partial charge in [-0.2, -0.15) is 0 Å². The Labute approximate surface area is 104 Å². The Kier molecular flexibility index (Phi) is 2.41. The molecular formula is C15H11Br. The van der Waals surface area contributed by atoms with Gasteiger partial charge in [-0.3, -0.25) is 0 Å². The highest BCUT2D eigenvalue weighted by Gasteiger charge is 2.19. The van der Waals surface area contributed by atoms with Gasteiger partial charge in [-0.05, 0) is 44.6 Å². The Balaban J connectivity index is 2.11. The summed E-state index contributed by atoms with van der Waals surface area (Å²) in [5.41, 5.74) is 5.45. The number of halogens is 1. The highest BCUT2D eigenvalue weighted by molar-refractivity contribution is 9.15. The van der Waals surface area contributed by atoms with E-state index in [9.17, 15) is 0 Å². The van der Waals surface area contributed by atoms with Gasteiger partial charge in [0.15, 0.2) is 0 Å². The van der Waals surface area contributed by atoms with E-state index in [-0.39, 0.29) is 0 Å². The molecule has 1 aliphatic rings. The Hall–Kier alpha value is -1.34. The molecule has 0 aromatic heterocycles. The first-order chi connectivity index (χ1) is 7.86. The van der Waals surface area contributed by atoms with Crippen molar-refractivity contribution < 1.29 is 0 Å². The highest BCUT2D eigenvalue weighted by Crippen LogP contribution is 2.41. The van der Waals surface area contributed by atoms with Crippen LogP contribution in [0.3, 0.4) is 0 Å². The van der Waals surface area contributed by atoms with Crippen LogP contribution in [0.5, 0.6) is 0 Å². The van der Waals surface area contributed by atoms with Crippen LogP contribution >= 0.6 is 15.9 Å². The quantitative estimate of drug-likeness (QED) is 0.716. The van der Waals surface area contributed by atoms with E-state index in [0.29, 0.717) is 0 Å². The maximum atomic E-state index is 3.72. The summed E-state index contributed by atoms with van der Waals surface area (Å²) in [4.78, 5) is 0. The number of allylic oxidation sites excluding steroid dienone is 1. The van der Waals surface area contributed by atoms with Gasteiger partial charge in [0.05, 0.1) is 0 Å². The van der Waals surface area contributed by atoms with E-state index in [4.69, 9.17) is 0 Å². The smallest absolute Gasteiger partial charge is 0.0291 e. The van der Waals surface area contributed by atoms with Crippen LogP contribution in [0, 0.1) is 0 Å². The first-order valence-electron chi connectivity index (χ1n) is 5.38. The van der Waals surface area contributed by atoms with Gasteiger partial charge in [-0.15, -0.1) is 0 Å². The van der Waals surface area contributed by atoms with E-state index in [0.717, 1.165) is 6.42 Å². The van der Waals surface area contributed by atoms with Crippen molar-refractivity contribution in [2.24, 2.45) is 0 Å². The summed E-state index contributed by atoms with van der Waals surface area (Å²) in [5.74, 6) is 0. The minimum Gasteiger partial charge on any atom is -0.0622 e. The summed E-state index contributed by atoms with van der Waals surface area (Å²) in [5, 5.41) is 0. The Morgan fingerprint density at radius 3 is 2.25 bits per heavy atom. The molecule has 3 rings (SSSR count). The Bertz CT molecular complexity index is 553. The van der Waals surface area contributed by atoms with E-state index in [1.54, 1.807) is 0 Å². The van der Waals surface area contributed by atoms with Crippen molar-refractivity contribution in [3.63, 3.8) is 0 Å². The molecule has 0 N–H and O–H groups in total. The lowest BCUT2D eigenvalue weighted by atomic mass is 10.0. The van der Waals surface area contributed by atoms with E-state index in [1.165, 1.54) is 26.7 Å². The number of benzene rings is 2. The minimum atomic E-state index is 1.03. The molecule has 0 radical (unpaired) electrons. The van der Waals surface area contributed by atoms with Crippen LogP contribution in [0.25, 0.3) is 10.1 Å². The zero-order valence-electron chi connectivity index (χ0n) is 8.78. The first-order valence-corrected chi connectivity index (χ1v) is 6.18. The van der Waals surface area contributed by atoms with Crippen LogP contribution in [-0.4, -0.2) is 0 Å². The van der Waals surface area contributed by atoms with Crippen molar-refractivity contribution in [1.82, 2.24) is 0 Å². The average Bonchev–Trinajstić information content (AvgIpc) is 2.69. The maximum absolute atomic E-state index is 3.72. The zero-order valence-corrected chi connectivity index (χ0v) is 10.4. The maximum Gasteiger partial charge on any atom is 0.0291 e. The van der Waals surface area contributed by atoms with E-state index >= 15 is 0 Å². The van der Waals surface area contributed by atoms with Crippen LogP contribution in [0.15, 0.2) is 54.6 Å². The molecule has 78 valence electrons. The predicted molar refractivity (Wildman–Crippen MR) is 72.3 cm³/mol. The van der Waals surface area contributed by atoms with E-state index < -0.39 is 0 Å². The predicted octanol–water partition coefficient (Wildman–Crippen LogP) is 4.51. The normalized spacial score (nSPS) is 14.1. The van der Waals surface area contributed by atoms with Crippen LogP contribution in [0.2, 0.25) is 0 Å². The summed E-state index contributed by atoms with van der Waals surface area (Å²) in [6.07, 6.45) is 1.03. The van der Waals surface area contributed by atoms with Crippen molar-refractivity contribution in [2.75, 3.05) is 0 Å². The molecule has 0 saturated heterocycles. The standard InChI is InChI=1S/C15H11Br/c16-15-13-9-5-4-8-12(13)10-14(15)11-6-2-1-3-7-11/h1-9H,10H2. The van der Waals surface area contributed by atoms with Gasteiger partial charge >= 0.3 is 0 Å². The summed E-state index contributed by atoms with van der Waals surface area (Å²) < 4.78 is 1.24. The molecule has 0 aliphatic heterocycles. The van der Waals surface area contributed by atoms with Crippen LogP contribution in [0.1, 0.15) is 16.7 Å². The zero-order chi connectivity index (χ0) is 11.0. The van der Waals surface area contributed by atoms with Gasteiger partial charge in [0.1, 0.15) is 0 Å². The summed E-state index contributed by atoms with van der Waals surface area (Å²) in [6.45, 7) is 0. The lowest BCUT2D eigenvalue weighted by Crippen LogP contribution is -1.84. The van der Waals surface area contributed by atoms with Crippen LogP contribution in [0.4, 0.5) is 0 Å². The van der Waals surface area contributed by atoms with Crippen molar-refractivity contribution in [3.8, 4) is 0 Å². The molecule has 1 heteroatoms. The second-order valence-electron chi connectivity index (χ2n) is 3.99. The molecule has 16 heavy (non-hydrogen) atoms. The number of hydrogen-bond acceptors (Lipinski definition) is 0. The van der Waals surface area contributed by atoms with Gasteiger partial charge in [-0.1, -0.05) is 54.6 Å². The second-order valence-corrected chi connectivity index (χ2v) is 4.79. The lowest BCUT2D eigenvalue weighted by Gasteiger charge is -2.02. The highest BCUT2D eigenvalue weighted by atomic mass is 79.9. The van der Waals surface area contributed by atoms with Crippen molar-refractivity contribution in [1.29, 1.82) is 0 Å². The topological polar surface area (TPSA) is 0 Å². The molecule has 1 aliphatic carbocycles. The fraction of sp³-hybridized carbons (Fsp3) is 0.0667.